The summed E-state index contributed by atoms with van der Waals surface area (Å²) < 4.78 is 0. The van der Waals surface area contributed by atoms with E-state index in [1.165, 1.54) is 6.42 Å². The van der Waals surface area contributed by atoms with E-state index >= 15 is 0 Å². The summed E-state index contributed by atoms with van der Waals surface area (Å²) in [7, 11) is 5.87. The van der Waals surface area contributed by atoms with E-state index < -0.39 is 52.0 Å². The summed E-state index contributed by atoms with van der Waals surface area (Å²) in [5, 5.41) is 44.5. The highest BCUT2D eigenvalue weighted by molar-refractivity contribution is 6.24. The lowest BCUT2D eigenvalue weighted by atomic mass is 9.51. The number of aliphatic hydroxyl groups is 3. The van der Waals surface area contributed by atoms with Crippen LogP contribution in [-0.4, -0.2) is 76.1 Å². The first-order valence-electron chi connectivity index (χ1n) is 15.7. The van der Waals surface area contributed by atoms with Crippen molar-refractivity contribution in [1.82, 2.24) is 4.90 Å². The highest BCUT2D eigenvalue weighted by Crippen LogP contribution is 2.55. The molecule has 0 heterocycles. The Balaban J connectivity index is 1.51. The number of nitrogens with two attached hydrogens (primary N) is 1. The smallest absolute Gasteiger partial charge is 0.255 e. The third kappa shape index (κ3) is 4.64. The van der Waals surface area contributed by atoms with E-state index in [0.29, 0.717) is 35.3 Å². The summed E-state index contributed by atoms with van der Waals surface area (Å²) in [4.78, 5) is 43.3. The molecule has 1 fully saturated rings. The lowest BCUT2D eigenvalue weighted by Crippen LogP contribution is -2.57. The van der Waals surface area contributed by atoms with Gasteiger partial charge in [0, 0.05) is 50.8 Å². The van der Waals surface area contributed by atoms with Crippen LogP contribution in [0.4, 0.5) is 5.69 Å². The maximum Gasteiger partial charge on any atom is 0.255 e. The predicted octanol–water partition coefficient (Wildman–Crippen LogP) is 3.79. The second-order valence-electron chi connectivity index (χ2n) is 14.5. The third-order valence-corrected chi connectivity index (χ3v) is 11.5. The molecule has 4 aliphatic carbocycles. The van der Waals surface area contributed by atoms with Crippen LogP contribution in [0.5, 0.6) is 5.75 Å². The summed E-state index contributed by atoms with van der Waals surface area (Å²) >= 11 is 0. The molecule has 3 unspecified atom stereocenters. The van der Waals surface area contributed by atoms with Crippen LogP contribution >= 0.6 is 0 Å². The van der Waals surface area contributed by atoms with Crippen molar-refractivity contribution in [3.05, 3.63) is 45.4 Å². The van der Waals surface area contributed by atoms with Crippen LogP contribution in [0.3, 0.4) is 0 Å². The number of rotatable bonds is 8. The molecule has 4 aliphatic rings. The normalized spacial score (nSPS) is 30.0. The lowest BCUT2D eigenvalue weighted by molar-refractivity contribution is -0.144. The number of phenolic OH excluding ortho intramolecular Hbond substituents is 1. The average molecular weight is 610 g/mol. The number of aromatic hydroxyl groups is 1. The number of allylic oxidation sites excluding steroid dienone is 2. The molecule has 6 N–H and O–H groups in total. The number of aliphatic hydroxyl groups excluding tert-OH is 2. The number of nitrogens with zero attached hydrogens (tertiary/aromatic N) is 2. The Hall–Kier alpha value is -3.37. The number of Topliss-reactive ketones (excluding diaryl/α,β-unsaturated/α-hetero) is 2. The highest BCUT2D eigenvalue weighted by Gasteiger charge is 2.60. The molecule has 1 aromatic rings. The third-order valence-electron chi connectivity index (χ3n) is 11.5. The first-order chi connectivity index (χ1) is 20.5. The highest BCUT2D eigenvalue weighted by atomic mass is 16.3. The molecule has 6 atom stereocenters. The van der Waals surface area contributed by atoms with E-state index in [4.69, 9.17) is 5.73 Å². The van der Waals surface area contributed by atoms with Gasteiger partial charge in [0.2, 0.25) is 5.78 Å². The number of ketones is 2. The predicted molar refractivity (Wildman–Crippen MR) is 166 cm³/mol. The SMILES string of the molecule is CC[C@H](CN(C)Cc1cc(O)c2c(c1N(C)C)CC1C[C@H]3CC(O)=C(C(N)=O)C(=O)[C@@]3(O)C(O)=C1C2=O)C1CC(C)C1(C)C. The Kier molecular flexibility index (Phi) is 7.94. The summed E-state index contributed by atoms with van der Waals surface area (Å²) in [5.41, 5.74) is 4.49. The molecule has 44 heavy (non-hydrogen) atoms. The molecule has 5 rings (SSSR count). The fourth-order valence-corrected chi connectivity index (χ4v) is 8.71. The first-order valence-corrected chi connectivity index (χ1v) is 15.7. The van der Waals surface area contributed by atoms with Crippen molar-refractivity contribution >= 4 is 23.2 Å². The fourth-order valence-electron chi connectivity index (χ4n) is 8.71. The molecular formula is C34H47N3O7. The lowest BCUT2D eigenvalue weighted by Gasteiger charge is -2.55. The molecule has 1 aromatic carbocycles. The summed E-state index contributed by atoms with van der Waals surface area (Å²) in [6.45, 7) is 10.8. The maximum absolute atomic E-state index is 14.0. The number of hydrogen-bond acceptors (Lipinski definition) is 9. The van der Waals surface area contributed by atoms with Crippen molar-refractivity contribution in [2.24, 2.45) is 40.7 Å². The van der Waals surface area contributed by atoms with Crippen molar-refractivity contribution in [3.8, 4) is 5.75 Å². The number of carbonyl (C=O) groups is 3. The Labute approximate surface area is 259 Å². The minimum atomic E-state index is -2.57. The molecular weight excluding hydrogens is 562 g/mol. The quantitative estimate of drug-likeness (QED) is 0.276. The van der Waals surface area contributed by atoms with Crippen LogP contribution in [0.2, 0.25) is 0 Å². The Morgan fingerprint density at radius 2 is 1.77 bits per heavy atom. The van der Waals surface area contributed by atoms with Crippen LogP contribution < -0.4 is 10.6 Å². The number of anilines is 1. The Morgan fingerprint density at radius 3 is 2.32 bits per heavy atom. The number of primary amides is 1. The molecule has 10 heteroatoms. The second kappa shape index (κ2) is 10.9. The monoisotopic (exact) mass is 609 g/mol. The van der Waals surface area contributed by atoms with Gasteiger partial charge in [-0.1, -0.05) is 34.1 Å². The van der Waals surface area contributed by atoms with Crippen molar-refractivity contribution in [2.75, 3.05) is 32.6 Å². The number of benzene rings is 1. The van der Waals surface area contributed by atoms with Gasteiger partial charge in [-0.2, -0.15) is 0 Å². The van der Waals surface area contributed by atoms with E-state index in [1.807, 2.05) is 19.0 Å². The van der Waals surface area contributed by atoms with Gasteiger partial charge in [-0.15, -0.1) is 0 Å². The first kappa shape index (κ1) is 32.0. The van der Waals surface area contributed by atoms with Gasteiger partial charge in [-0.05, 0) is 72.6 Å². The van der Waals surface area contributed by atoms with Crippen molar-refractivity contribution in [1.29, 1.82) is 0 Å². The van der Waals surface area contributed by atoms with Gasteiger partial charge in [-0.25, -0.2) is 0 Å². The van der Waals surface area contributed by atoms with Crippen LogP contribution in [0, 0.1) is 35.0 Å². The van der Waals surface area contributed by atoms with E-state index in [1.54, 1.807) is 6.07 Å². The molecule has 0 saturated heterocycles. The van der Waals surface area contributed by atoms with Crippen molar-refractivity contribution in [3.63, 3.8) is 0 Å². The maximum atomic E-state index is 14.0. The van der Waals surface area contributed by atoms with Gasteiger partial charge in [0.15, 0.2) is 11.4 Å². The minimum Gasteiger partial charge on any atom is -0.511 e. The summed E-state index contributed by atoms with van der Waals surface area (Å²) in [6, 6.07) is 1.61. The van der Waals surface area contributed by atoms with Gasteiger partial charge >= 0.3 is 0 Å². The standard InChI is InChI=1S/C34H47N3O7/c1-8-17(22-9-16(2)33(22,3)4)14-37(7)15-19-12-23(38)26-21(28(19)36(5)6)11-18-10-20-13-24(39)27(32(35)43)31(42)34(20,44)30(41)25(18)29(26)40/h12,16-18,20,22,38-39,41,44H,8-11,13-15H2,1-7H3,(H2,35,43)/t16?,17-,18?,20+,22?,34+/m1/s1. The number of carbonyl (C=O) groups excluding carboxylic acids is 3. The van der Waals surface area contributed by atoms with Gasteiger partial charge in [0.1, 0.15) is 22.8 Å². The van der Waals surface area contributed by atoms with Crippen molar-refractivity contribution < 1.29 is 34.8 Å². The average Bonchev–Trinajstić information content (AvgIpc) is 2.91. The zero-order valence-corrected chi connectivity index (χ0v) is 26.9. The van der Waals surface area contributed by atoms with Gasteiger partial charge in [0.25, 0.3) is 5.91 Å². The molecule has 0 bridgehead atoms. The molecule has 0 aliphatic heterocycles. The van der Waals surface area contributed by atoms with Crippen molar-refractivity contribution in [2.45, 2.75) is 71.9 Å². The number of hydrogen-bond donors (Lipinski definition) is 5. The zero-order valence-electron chi connectivity index (χ0n) is 26.9. The van der Waals surface area contributed by atoms with E-state index in [9.17, 15) is 34.8 Å². The molecule has 10 nitrogen and oxygen atoms in total. The molecule has 0 spiro atoms. The zero-order chi connectivity index (χ0) is 32.6. The van der Waals surface area contributed by atoms with Gasteiger partial charge < -0.3 is 36.0 Å². The molecule has 1 amide bonds. The number of amides is 1. The van der Waals surface area contributed by atoms with Gasteiger partial charge in [0.05, 0.1) is 5.56 Å². The largest absolute Gasteiger partial charge is 0.511 e. The van der Waals surface area contributed by atoms with E-state index in [-0.39, 0.29) is 36.1 Å². The Morgan fingerprint density at radius 1 is 1.11 bits per heavy atom. The molecule has 240 valence electrons. The Bertz CT molecular complexity index is 1490. The van der Waals surface area contributed by atoms with Gasteiger partial charge in [-0.3, -0.25) is 14.4 Å². The second-order valence-corrected chi connectivity index (χ2v) is 14.5. The number of phenols is 1. The van der Waals surface area contributed by atoms with E-state index in [0.717, 1.165) is 24.2 Å². The van der Waals surface area contributed by atoms with Crippen LogP contribution in [0.1, 0.15) is 74.9 Å². The summed E-state index contributed by atoms with van der Waals surface area (Å²) in [5.74, 6) is -4.34. The number of fused-ring (bicyclic) bond motifs is 3. The molecule has 0 aromatic heterocycles. The fraction of sp³-hybridized carbons (Fsp3) is 0.618. The minimum absolute atomic E-state index is 0.0355. The van der Waals surface area contributed by atoms with Crippen LogP contribution in [0.25, 0.3) is 0 Å². The summed E-state index contributed by atoms with van der Waals surface area (Å²) in [6.07, 6.45) is 2.44. The van der Waals surface area contributed by atoms with Crippen LogP contribution in [-0.2, 0) is 22.6 Å². The van der Waals surface area contributed by atoms with E-state index in [2.05, 4.69) is 39.6 Å². The molecule has 0 radical (unpaired) electrons. The van der Waals surface area contributed by atoms with Crippen LogP contribution in [0.15, 0.2) is 28.7 Å². The topological polar surface area (TPSA) is 165 Å². The molecule has 1 saturated carbocycles.